The molecule has 1 aliphatic rings. The smallest absolute Gasteiger partial charge is 0.419 e. The molecule has 5 heteroatoms. The first-order valence-electron chi connectivity index (χ1n) is 7.19. The summed E-state index contributed by atoms with van der Waals surface area (Å²) in [6.45, 7) is 3.41. The summed E-state index contributed by atoms with van der Waals surface area (Å²) in [4.78, 5) is 13.7. The summed E-state index contributed by atoms with van der Waals surface area (Å²) >= 11 is 3.39. The predicted molar refractivity (Wildman–Crippen MR) is 94.5 cm³/mol. The number of amides is 1. The number of nitrogens with zero attached hydrogens (tertiary/aromatic N) is 2. The second-order valence-corrected chi connectivity index (χ2v) is 6.07. The maximum atomic E-state index is 12.4. The molecule has 118 valence electrons. The minimum Gasteiger partial charge on any atom is -0.419 e. The fourth-order valence-corrected chi connectivity index (χ4v) is 3.12. The zero-order valence-electron chi connectivity index (χ0n) is 12.6. The average molecular weight is 381 g/mol. The summed E-state index contributed by atoms with van der Waals surface area (Å²) in [5.74, 6) is 0. The molecular formula is C19H13BrN2O2. The Morgan fingerprint density at radius 3 is 2.62 bits per heavy atom. The SMILES string of the molecule is C=COC(=O)N1C=Cc2ccccc2[C@]1(C#N)c1ccc(Br)cc1. The molecule has 0 bridgehead atoms. The number of hydrogen-bond donors (Lipinski definition) is 0. The Labute approximate surface area is 148 Å². The van der Waals surface area contributed by atoms with Crippen molar-refractivity contribution >= 4 is 28.1 Å². The summed E-state index contributed by atoms with van der Waals surface area (Å²) in [6.07, 6.45) is 3.74. The molecule has 1 aliphatic heterocycles. The molecule has 1 heterocycles. The summed E-state index contributed by atoms with van der Waals surface area (Å²) in [6, 6.07) is 17.1. The third-order valence-electron chi connectivity index (χ3n) is 3.92. The zero-order valence-corrected chi connectivity index (χ0v) is 14.2. The van der Waals surface area contributed by atoms with Gasteiger partial charge in [0, 0.05) is 16.2 Å². The van der Waals surface area contributed by atoms with E-state index in [1.54, 1.807) is 12.3 Å². The van der Waals surface area contributed by atoms with Gasteiger partial charge >= 0.3 is 6.09 Å². The van der Waals surface area contributed by atoms with Gasteiger partial charge in [-0.2, -0.15) is 5.26 Å². The van der Waals surface area contributed by atoms with E-state index in [0.29, 0.717) is 5.56 Å². The van der Waals surface area contributed by atoms with Gasteiger partial charge < -0.3 is 4.74 Å². The molecule has 0 aromatic heterocycles. The van der Waals surface area contributed by atoms with E-state index in [1.807, 2.05) is 48.5 Å². The van der Waals surface area contributed by atoms with Crippen LogP contribution >= 0.6 is 15.9 Å². The first-order valence-corrected chi connectivity index (χ1v) is 7.98. The van der Waals surface area contributed by atoms with Crippen LogP contribution in [0.4, 0.5) is 4.79 Å². The summed E-state index contributed by atoms with van der Waals surface area (Å²) < 4.78 is 5.83. The summed E-state index contributed by atoms with van der Waals surface area (Å²) in [7, 11) is 0. The van der Waals surface area contributed by atoms with Gasteiger partial charge in [-0.25, -0.2) is 4.79 Å². The third-order valence-corrected chi connectivity index (χ3v) is 4.45. The molecule has 0 fully saturated rings. The minimum absolute atomic E-state index is 0.666. The molecule has 0 spiro atoms. The van der Waals surface area contributed by atoms with E-state index in [-0.39, 0.29) is 0 Å². The molecule has 0 saturated carbocycles. The average Bonchev–Trinajstić information content (AvgIpc) is 2.61. The lowest BCUT2D eigenvalue weighted by Gasteiger charge is -2.39. The van der Waals surface area contributed by atoms with Crippen LogP contribution in [0.2, 0.25) is 0 Å². The zero-order chi connectivity index (χ0) is 17.2. The molecule has 1 atom stereocenters. The number of fused-ring (bicyclic) bond motifs is 1. The van der Waals surface area contributed by atoms with Gasteiger partial charge in [0.15, 0.2) is 5.54 Å². The van der Waals surface area contributed by atoms with Gasteiger partial charge in [-0.3, -0.25) is 4.90 Å². The molecule has 0 N–H and O–H groups in total. The first kappa shape index (κ1) is 16.0. The summed E-state index contributed by atoms with van der Waals surface area (Å²) in [5, 5.41) is 10.1. The monoisotopic (exact) mass is 380 g/mol. The van der Waals surface area contributed by atoms with E-state index >= 15 is 0 Å². The normalized spacial score (nSPS) is 18.4. The molecule has 3 rings (SSSR count). The van der Waals surface area contributed by atoms with Gasteiger partial charge in [-0.1, -0.05) is 58.9 Å². The van der Waals surface area contributed by atoms with Crippen LogP contribution in [-0.2, 0) is 10.3 Å². The Hall–Kier alpha value is -2.84. The highest BCUT2D eigenvalue weighted by Gasteiger charge is 2.46. The van der Waals surface area contributed by atoms with Crippen LogP contribution in [0.3, 0.4) is 0 Å². The molecule has 0 aliphatic carbocycles. The predicted octanol–water partition coefficient (Wildman–Crippen LogP) is 4.78. The van der Waals surface area contributed by atoms with Crippen LogP contribution in [-0.4, -0.2) is 11.0 Å². The highest BCUT2D eigenvalue weighted by Crippen LogP contribution is 2.41. The molecule has 2 aromatic carbocycles. The molecule has 1 amide bonds. The van der Waals surface area contributed by atoms with Crippen LogP contribution in [0.25, 0.3) is 6.08 Å². The van der Waals surface area contributed by atoms with Crippen molar-refractivity contribution < 1.29 is 9.53 Å². The van der Waals surface area contributed by atoms with E-state index in [1.165, 1.54) is 4.90 Å². The quantitative estimate of drug-likeness (QED) is 0.704. The Kier molecular flexibility index (Phi) is 4.24. The van der Waals surface area contributed by atoms with Gasteiger partial charge in [0.2, 0.25) is 0 Å². The highest BCUT2D eigenvalue weighted by molar-refractivity contribution is 9.10. The Morgan fingerprint density at radius 1 is 1.25 bits per heavy atom. The lowest BCUT2D eigenvalue weighted by molar-refractivity contribution is 0.132. The third kappa shape index (κ3) is 2.41. The topological polar surface area (TPSA) is 53.3 Å². The van der Waals surface area contributed by atoms with E-state index in [0.717, 1.165) is 21.9 Å². The molecule has 2 aromatic rings. The van der Waals surface area contributed by atoms with Crippen LogP contribution in [0.15, 0.2) is 72.0 Å². The van der Waals surface area contributed by atoms with E-state index < -0.39 is 11.6 Å². The van der Waals surface area contributed by atoms with Crippen molar-refractivity contribution in [2.24, 2.45) is 0 Å². The molecule has 24 heavy (non-hydrogen) atoms. The van der Waals surface area contributed by atoms with Crippen molar-refractivity contribution in [3.8, 4) is 6.07 Å². The fourth-order valence-electron chi connectivity index (χ4n) is 2.86. The van der Waals surface area contributed by atoms with Crippen molar-refractivity contribution in [1.29, 1.82) is 5.26 Å². The number of halogens is 1. The van der Waals surface area contributed by atoms with Gasteiger partial charge in [0.05, 0.1) is 6.26 Å². The Morgan fingerprint density at radius 2 is 1.96 bits per heavy atom. The van der Waals surface area contributed by atoms with Crippen molar-refractivity contribution in [3.63, 3.8) is 0 Å². The molecular weight excluding hydrogens is 368 g/mol. The number of ether oxygens (including phenoxy) is 1. The van der Waals surface area contributed by atoms with Crippen LogP contribution < -0.4 is 0 Å². The van der Waals surface area contributed by atoms with Gasteiger partial charge in [-0.15, -0.1) is 0 Å². The van der Waals surface area contributed by atoms with Crippen molar-refractivity contribution in [1.82, 2.24) is 4.90 Å². The van der Waals surface area contributed by atoms with E-state index in [9.17, 15) is 10.1 Å². The molecule has 0 radical (unpaired) electrons. The van der Waals surface area contributed by atoms with Crippen molar-refractivity contribution in [3.05, 3.63) is 88.7 Å². The number of carbonyl (C=O) groups is 1. The van der Waals surface area contributed by atoms with Gasteiger partial charge in [0.1, 0.15) is 6.07 Å². The lowest BCUT2D eigenvalue weighted by Crippen LogP contribution is -2.48. The number of rotatable bonds is 2. The number of benzene rings is 2. The highest BCUT2D eigenvalue weighted by atomic mass is 79.9. The minimum atomic E-state index is -1.31. The van der Waals surface area contributed by atoms with E-state index in [4.69, 9.17) is 4.74 Å². The first-order chi connectivity index (χ1) is 11.6. The second kappa shape index (κ2) is 6.34. The van der Waals surface area contributed by atoms with Crippen molar-refractivity contribution in [2.75, 3.05) is 0 Å². The number of nitriles is 1. The molecule has 4 nitrogen and oxygen atoms in total. The van der Waals surface area contributed by atoms with Gasteiger partial charge in [-0.05, 0) is 29.3 Å². The molecule has 0 saturated heterocycles. The van der Waals surface area contributed by atoms with Crippen LogP contribution in [0.5, 0.6) is 0 Å². The lowest BCUT2D eigenvalue weighted by atomic mass is 9.78. The number of hydrogen-bond acceptors (Lipinski definition) is 3. The standard InChI is InChI=1S/C19H13BrN2O2/c1-2-24-18(23)22-12-11-14-5-3-4-6-17(14)19(22,13-21)15-7-9-16(20)10-8-15/h2-12H,1H2/t19-/m0/s1. The number of carbonyl (C=O) groups excluding carboxylic acids is 1. The maximum Gasteiger partial charge on any atom is 0.420 e. The van der Waals surface area contributed by atoms with Crippen LogP contribution in [0.1, 0.15) is 16.7 Å². The largest absolute Gasteiger partial charge is 0.420 e. The Balaban J connectivity index is 2.28. The summed E-state index contributed by atoms with van der Waals surface area (Å²) in [5.41, 5.74) is 0.959. The van der Waals surface area contributed by atoms with Gasteiger partial charge in [0.25, 0.3) is 0 Å². The second-order valence-electron chi connectivity index (χ2n) is 5.15. The Bertz CT molecular complexity index is 868. The maximum absolute atomic E-state index is 12.4. The van der Waals surface area contributed by atoms with Crippen molar-refractivity contribution in [2.45, 2.75) is 5.54 Å². The van der Waals surface area contributed by atoms with Crippen LogP contribution in [0, 0.1) is 11.3 Å². The van der Waals surface area contributed by atoms with E-state index in [2.05, 4.69) is 28.6 Å². The molecule has 0 unspecified atom stereocenters. The fraction of sp³-hybridized carbons (Fsp3) is 0.0526.